The predicted molar refractivity (Wildman–Crippen MR) is 94.6 cm³/mol. The van der Waals surface area contributed by atoms with Crippen LogP contribution in [0.2, 0.25) is 0 Å². The van der Waals surface area contributed by atoms with Gasteiger partial charge in [0.25, 0.3) is 0 Å². The lowest BCUT2D eigenvalue weighted by atomic mass is 10.1. The Bertz CT molecular complexity index is 729. The Kier molecular flexibility index (Phi) is 5.21. The van der Waals surface area contributed by atoms with Gasteiger partial charge in [-0.2, -0.15) is 5.10 Å². The summed E-state index contributed by atoms with van der Waals surface area (Å²) >= 11 is 0. The first-order chi connectivity index (χ1) is 12.0. The first kappa shape index (κ1) is 17.3. The Hall–Kier alpha value is -2.57. The lowest BCUT2D eigenvalue weighted by Gasteiger charge is -2.18. The Morgan fingerprint density at radius 1 is 1.44 bits per heavy atom. The largest absolute Gasteiger partial charge is 0.487 e. The van der Waals surface area contributed by atoms with Gasteiger partial charge in [-0.25, -0.2) is 4.79 Å². The van der Waals surface area contributed by atoms with E-state index in [0.29, 0.717) is 19.6 Å². The lowest BCUT2D eigenvalue weighted by molar-refractivity contribution is 0.187. The molecule has 0 radical (unpaired) electrons. The molecular weight excluding hydrogens is 318 g/mol. The van der Waals surface area contributed by atoms with Gasteiger partial charge in [0.15, 0.2) is 0 Å². The number of pyridine rings is 1. The molecule has 1 saturated heterocycles. The molecule has 1 fully saturated rings. The second kappa shape index (κ2) is 7.55. The van der Waals surface area contributed by atoms with Crippen LogP contribution in [0, 0.1) is 13.8 Å². The van der Waals surface area contributed by atoms with Crippen molar-refractivity contribution in [3.05, 3.63) is 41.5 Å². The first-order valence-electron chi connectivity index (χ1n) is 8.63. The van der Waals surface area contributed by atoms with E-state index in [-0.39, 0.29) is 12.1 Å². The van der Waals surface area contributed by atoms with Crippen LogP contribution in [-0.2, 0) is 13.5 Å². The smallest absolute Gasteiger partial charge is 0.317 e. The van der Waals surface area contributed by atoms with Gasteiger partial charge in [0.2, 0.25) is 0 Å². The fourth-order valence-corrected chi connectivity index (χ4v) is 3.20. The minimum atomic E-state index is -0.0310. The highest BCUT2D eigenvalue weighted by molar-refractivity contribution is 5.74. The molecule has 134 valence electrons. The summed E-state index contributed by atoms with van der Waals surface area (Å²) in [7, 11) is 1.94. The fraction of sp³-hybridized carbons (Fsp3) is 0.500. The summed E-state index contributed by atoms with van der Waals surface area (Å²) in [6.45, 7) is 5.98. The summed E-state index contributed by atoms with van der Waals surface area (Å²) in [5.41, 5.74) is 3.39. The molecule has 0 aromatic carbocycles. The summed E-state index contributed by atoms with van der Waals surface area (Å²) in [5, 5.41) is 7.41. The van der Waals surface area contributed by atoms with Gasteiger partial charge in [-0.05, 0) is 38.0 Å². The molecule has 1 aliphatic heterocycles. The van der Waals surface area contributed by atoms with E-state index in [1.165, 1.54) is 5.56 Å². The van der Waals surface area contributed by atoms with Gasteiger partial charge in [0.05, 0.1) is 18.4 Å². The number of ether oxygens (including phenoxy) is 1. The number of nitrogens with one attached hydrogen (secondary N) is 1. The minimum Gasteiger partial charge on any atom is -0.487 e. The van der Waals surface area contributed by atoms with Crippen molar-refractivity contribution in [2.75, 3.05) is 19.6 Å². The van der Waals surface area contributed by atoms with Gasteiger partial charge in [-0.15, -0.1) is 0 Å². The van der Waals surface area contributed by atoms with Crippen LogP contribution in [0.1, 0.15) is 23.4 Å². The molecule has 7 heteroatoms. The van der Waals surface area contributed by atoms with Gasteiger partial charge in [-0.3, -0.25) is 9.67 Å². The molecule has 0 unspecified atom stereocenters. The van der Waals surface area contributed by atoms with Crippen LogP contribution in [0.25, 0.3) is 0 Å². The summed E-state index contributed by atoms with van der Waals surface area (Å²) in [4.78, 5) is 18.2. The SMILES string of the molecule is Cc1nn(C)c(C)c1CCNC(=O)N1CC[C@H](Oc2cccnc2)C1. The van der Waals surface area contributed by atoms with Crippen LogP contribution in [0.3, 0.4) is 0 Å². The van der Waals surface area contributed by atoms with Crippen molar-refractivity contribution in [2.24, 2.45) is 7.05 Å². The Balaban J connectivity index is 1.45. The number of likely N-dealkylation sites (tertiary alicyclic amines) is 1. The molecule has 1 atom stereocenters. The quantitative estimate of drug-likeness (QED) is 0.899. The fourth-order valence-electron chi connectivity index (χ4n) is 3.20. The second-order valence-corrected chi connectivity index (χ2v) is 6.42. The van der Waals surface area contributed by atoms with Gasteiger partial charge in [0.1, 0.15) is 11.9 Å². The third-order valence-electron chi connectivity index (χ3n) is 4.68. The zero-order valence-corrected chi connectivity index (χ0v) is 15.0. The number of urea groups is 1. The van der Waals surface area contributed by atoms with E-state index in [1.54, 1.807) is 12.4 Å². The second-order valence-electron chi connectivity index (χ2n) is 6.42. The van der Waals surface area contributed by atoms with Crippen LogP contribution in [0.15, 0.2) is 24.5 Å². The predicted octanol–water partition coefficient (Wildman–Crippen LogP) is 1.84. The number of aryl methyl sites for hydroxylation is 2. The van der Waals surface area contributed by atoms with Gasteiger partial charge in [-0.1, -0.05) is 0 Å². The van der Waals surface area contributed by atoms with E-state index in [0.717, 1.165) is 30.0 Å². The molecule has 7 nitrogen and oxygen atoms in total. The zero-order chi connectivity index (χ0) is 17.8. The number of rotatable bonds is 5. The number of carbonyl (C=O) groups is 1. The van der Waals surface area contributed by atoms with Gasteiger partial charge < -0.3 is 15.0 Å². The molecule has 0 aliphatic carbocycles. The molecule has 1 N–H and O–H groups in total. The van der Waals surface area contributed by atoms with Crippen LogP contribution in [0.4, 0.5) is 4.79 Å². The van der Waals surface area contributed by atoms with E-state index in [4.69, 9.17) is 4.74 Å². The van der Waals surface area contributed by atoms with Crippen molar-refractivity contribution in [3.63, 3.8) is 0 Å². The van der Waals surface area contributed by atoms with E-state index < -0.39 is 0 Å². The molecule has 0 bridgehead atoms. The number of hydrogen-bond donors (Lipinski definition) is 1. The molecule has 3 rings (SSSR count). The molecule has 0 spiro atoms. The Morgan fingerprint density at radius 3 is 2.96 bits per heavy atom. The monoisotopic (exact) mass is 343 g/mol. The lowest BCUT2D eigenvalue weighted by Crippen LogP contribution is -2.40. The third-order valence-corrected chi connectivity index (χ3v) is 4.68. The average molecular weight is 343 g/mol. The van der Waals surface area contributed by atoms with Crippen LogP contribution in [0.5, 0.6) is 5.75 Å². The normalized spacial score (nSPS) is 16.9. The van der Waals surface area contributed by atoms with Crippen LogP contribution < -0.4 is 10.1 Å². The van der Waals surface area contributed by atoms with Crippen molar-refractivity contribution in [2.45, 2.75) is 32.8 Å². The molecular formula is C18H25N5O2. The summed E-state index contributed by atoms with van der Waals surface area (Å²) in [6, 6.07) is 3.70. The van der Waals surface area contributed by atoms with Gasteiger partial charge in [0, 0.05) is 38.4 Å². The maximum atomic E-state index is 12.3. The van der Waals surface area contributed by atoms with Crippen LogP contribution >= 0.6 is 0 Å². The molecule has 1 aliphatic rings. The van der Waals surface area contributed by atoms with E-state index >= 15 is 0 Å². The summed E-state index contributed by atoms with van der Waals surface area (Å²) < 4.78 is 7.75. The maximum Gasteiger partial charge on any atom is 0.317 e. The van der Waals surface area contributed by atoms with E-state index in [2.05, 4.69) is 22.3 Å². The summed E-state index contributed by atoms with van der Waals surface area (Å²) in [6.07, 6.45) is 5.07. The first-order valence-corrected chi connectivity index (χ1v) is 8.63. The number of hydrogen-bond acceptors (Lipinski definition) is 4. The number of carbonyl (C=O) groups excluding carboxylic acids is 1. The van der Waals surface area contributed by atoms with Crippen molar-refractivity contribution >= 4 is 6.03 Å². The van der Waals surface area contributed by atoms with Crippen molar-refractivity contribution < 1.29 is 9.53 Å². The third kappa shape index (κ3) is 4.10. The number of nitrogens with zero attached hydrogens (tertiary/aromatic N) is 4. The average Bonchev–Trinajstić information content (AvgIpc) is 3.15. The highest BCUT2D eigenvalue weighted by Gasteiger charge is 2.27. The van der Waals surface area contributed by atoms with Crippen LogP contribution in [-0.4, -0.2) is 51.4 Å². The minimum absolute atomic E-state index is 0.0257. The topological polar surface area (TPSA) is 72.3 Å². The number of aromatic nitrogens is 3. The van der Waals surface area contributed by atoms with E-state index in [1.807, 2.05) is 35.7 Å². The standard InChI is InChI=1S/C18H25N5O2/c1-13-17(14(2)22(3)21-13)6-9-20-18(24)23-10-7-16(12-23)25-15-5-4-8-19-11-15/h4-5,8,11,16H,6-7,9-10,12H2,1-3H3,(H,20,24)/t16-/m0/s1. The van der Waals surface area contributed by atoms with Gasteiger partial charge >= 0.3 is 6.03 Å². The number of amides is 2. The highest BCUT2D eigenvalue weighted by atomic mass is 16.5. The van der Waals surface area contributed by atoms with Crippen molar-refractivity contribution in [1.82, 2.24) is 25.0 Å². The molecule has 0 saturated carbocycles. The van der Waals surface area contributed by atoms with Crippen molar-refractivity contribution in [3.8, 4) is 5.75 Å². The molecule has 2 amide bonds. The Morgan fingerprint density at radius 2 is 2.28 bits per heavy atom. The molecule has 2 aromatic rings. The molecule has 3 heterocycles. The molecule has 2 aromatic heterocycles. The summed E-state index contributed by atoms with van der Waals surface area (Å²) in [5.74, 6) is 0.747. The Labute approximate surface area is 148 Å². The maximum absolute atomic E-state index is 12.3. The van der Waals surface area contributed by atoms with Crippen molar-refractivity contribution in [1.29, 1.82) is 0 Å². The zero-order valence-electron chi connectivity index (χ0n) is 15.0. The van der Waals surface area contributed by atoms with E-state index in [9.17, 15) is 4.79 Å². The molecule has 25 heavy (non-hydrogen) atoms. The highest BCUT2D eigenvalue weighted by Crippen LogP contribution is 2.17.